The van der Waals surface area contributed by atoms with Crippen molar-refractivity contribution in [1.29, 1.82) is 5.41 Å². The lowest BCUT2D eigenvalue weighted by molar-refractivity contribution is -0.142. The van der Waals surface area contributed by atoms with Crippen molar-refractivity contribution in [3.63, 3.8) is 0 Å². The number of carbonyl (C=O) groups excluding carboxylic acids is 1. The highest BCUT2D eigenvalue weighted by Crippen LogP contribution is 2.22. The average Bonchev–Trinajstić information content (AvgIpc) is 2.39. The highest BCUT2D eigenvalue weighted by molar-refractivity contribution is 6.31. The van der Waals surface area contributed by atoms with E-state index in [1.54, 1.807) is 19.1 Å². The fraction of sp³-hybridized carbons (Fsp3) is 0.429. The molecule has 0 saturated carbocycles. The van der Waals surface area contributed by atoms with Crippen molar-refractivity contribution in [2.24, 2.45) is 0 Å². The standard InChI is InChI=1S/C14H19ClN2O2/c1-3-12(16)11-9-10(15)5-6-13(11)17-8-7-14(18)19-4-2/h5-6,9,16-17H,3-4,7-8H2,1-2H3. The van der Waals surface area contributed by atoms with Crippen molar-refractivity contribution in [2.75, 3.05) is 18.5 Å². The van der Waals surface area contributed by atoms with Crippen molar-refractivity contribution in [3.05, 3.63) is 28.8 Å². The molecule has 19 heavy (non-hydrogen) atoms. The van der Waals surface area contributed by atoms with Crippen LogP contribution >= 0.6 is 11.6 Å². The summed E-state index contributed by atoms with van der Waals surface area (Å²) in [6.45, 7) is 4.58. The Morgan fingerprint density at radius 1 is 1.42 bits per heavy atom. The minimum atomic E-state index is -0.226. The second-order valence-corrected chi connectivity index (χ2v) is 4.44. The zero-order valence-corrected chi connectivity index (χ0v) is 12.0. The maximum absolute atomic E-state index is 11.2. The predicted octanol–water partition coefficient (Wildman–Crippen LogP) is 3.48. The molecule has 1 rings (SSSR count). The van der Waals surface area contributed by atoms with E-state index in [9.17, 15) is 4.79 Å². The van der Waals surface area contributed by atoms with Crippen molar-refractivity contribution in [2.45, 2.75) is 26.7 Å². The molecule has 0 aliphatic heterocycles. The highest BCUT2D eigenvalue weighted by atomic mass is 35.5. The molecule has 5 heteroatoms. The third kappa shape index (κ3) is 4.91. The van der Waals surface area contributed by atoms with E-state index < -0.39 is 0 Å². The summed E-state index contributed by atoms with van der Waals surface area (Å²) >= 11 is 5.95. The van der Waals surface area contributed by atoms with Crippen LogP contribution in [0.5, 0.6) is 0 Å². The van der Waals surface area contributed by atoms with Gasteiger partial charge in [0.1, 0.15) is 0 Å². The third-order valence-corrected chi connectivity index (χ3v) is 2.85. The molecule has 0 atom stereocenters. The van der Waals surface area contributed by atoms with Gasteiger partial charge in [0, 0.05) is 28.5 Å². The molecule has 0 radical (unpaired) electrons. The minimum Gasteiger partial charge on any atom is -0.466 e. The topological polar surface area (TPSA) is 62.2 Å². The number of benzene rings is 1. The summed E-state index contributed by atoms with van der Waals surface area (Å²) in [6.07, 6.45) is 0.933. The van der Waals surface area contributed by atoms with E-state index in [2.05, 4.69) is 5.32 Å². The quantitative estimate of drug-likeness (QED) is 0.594. The van der Waals surface area contributed by atoms with Gasteiger partial charge in [-0.3, -0.25) is 4.79 Å². The number of hydrogen-bond donors (Lipinski definition) is 2. The zero-order valence-electron chi connectivity index (χ0n) is 11.3. The Morgan fingerprint density at radius 3 is 2.79 bits per heavy atom. The summed E-state index contributed by atoms with van der Waals surface area (Å²) in [5, 5.41) is 11.7. The van der Waals surface area contributed by atoms with Gasteiger partial charge in [-0.15, -0.1) is 0 Å². The molecule has 4 nitrogen and oxygen atoms in total. The van der Waals surface area contributed by atoms with E-state index in [0.717, 1.165) is 11.3 Å². The Labute approximate surface area is 118 Å². The Kier molecular flexibility index (Phi) is 6.36. The van der Waals surface area contributed by atoms with Gasteiger partial charge in [-0.05, 0) is 31.5 Å². The SMILES string of the molecule is CCOC(=O)CCNc1ccc(Cl)cc1C(=N)CC. The van der Waals surface area contributed by atoms with Gasteiger partial charge in [0.05, 0.1) is 13.0 Å². The van der Waals surface area contributed by atoms with Gasteiger partial charge >= 0.3 is 5.97 Å². The summed E-state index contributed by atoms with van der Waals surface area (Å²) < 4.78 is 4.86. The molecule has 0 spiro atoms. The lowest BCUT2D eigenvalue weighted by atomic mass is 10.1. The molecular weight excluding hydrogens is 264 g/mol. The molecule has 0 fully saturated rings. The summed E-state index contributed by atoms with van der Waals surface area (Å²) in [5.74, 6) is -0.226. The predicted molar refractivity (Wildman–Crippen MR) is 78.3 cm³/mol. The molecule has 0 heterocycles. The number of rotatable bonds is 7. The van der Waals surface area contributed by atoms with Gasteiger partial charge in [-0.1, -0.05) is 18.5 Å². The Hall–Kier alpha value is -1.55. The van der Waals surface area contributed by atoms with Crippen molar-refractivity contribution < 1.29 is 9.53 Å². The van der Waals surface area contributed by atoms with Crippen molar-refractivity contribution >= 4 is 29.0 Å². The first kappa shape index (κ1) is 15.5. The molecular formula is C14H19ClN2O2. The van der Waals surface area contributed by atoms with Crippen LogP contribution in [-0.4, -0.2) is 24.8 Å². The fourth-order valence-corrected chi connectivity index (χ4v) is 1.82. The molecule has 1 aromatic carbocycles. The summed E-state index contributed by atoms with van der Waals surface area (Å²) in [5.41, 5.74) is 2.11. The van der Waals surface area contributed by atoms with E-state index in [1.807, 2.05) is 13.0 Å². The smallest absolute Gasteiger partial charge is 0.307 e. The largest absolute Gasteiger partial charge is 0.466 e. The maximum atomic E-state index is 11.2. The molecule has 0 amide bonds. The Bertz CT molecular complexity index is 461. The number of ether oxygens (including phenoxy) is 1. The third-order valence-electron chi connectivity index (χ3n) is 2.61. The molecule has 0 saturated heterocycles. The minimum absolute atomic E-state index is 0.226. The number of halogens is 1. The maximum Gasteiger partial charge on any atom is 0.307 e. The summed E-state index contributed by atoms with van der Waals surface area (Å²) in [7, 11) is 0. The molecule has 2 N–H and O–H groups in total. The van der Waals surface area contributed by atoms with Gasteiger partial charge in [-0.25, -0.2) is 0 Å². The molecule has 0 aliphatic carbocycles. The monoisotopic (exact) mass is 282 g/mol. The van der Waals surface area contributed by atoms with Crippen LogP contribution in [-0.2, 0) is 9.53 Å². The normalized spacial score (nSPS) is 10.1. The van der Waals surface area contributed by atoms with E-state index >= 15 is 0 Å². The van der Waals surface area contributed by atoms with Crippen LogP contribution in [0.25, 0.3) is 0 Å². The highest BCUT2D eigenvalue weighted by Gasteiger charge is 2.08. The van der Waals surface area contributed by atoms with Crippen molar-refractivity contribution in [3.8, 4) is 0 Å². The second kappa shape index (κ2) is 7.79. The van der Waals surface area contributed by atoms with Gasteiger partial charge in [-0.2, -0.15) is 0 Å². The van der Waals surface area contributed by atoms with E-state index in [-0.39, 0.29) is 5.97 Å². The van der Waals surface area contributed by atoms with Crippen LogP contribution in [0, 0.1) is 5.41 Å². The van der Waals surface area contributed by atoms with Crippen LogP contribution < -0.4 is 5.32 Å². The number of hydrogen-bond acceptors (Lipinski definition) is 4. The first-order valence-corrected chi connectivity index (χ1v) is 6.73. The van der Waals surface area contributed by atoms with Gasteiger partial charge < -0.3 is 15.5 Å². The summed E-state index contributed by atoms with van der Waals surface area (Å²) in [6, 6.07) is 5.35. The first-order valence-electron chi connectivity index (χ1n) is 6.35. The molecule has 104 valence electrons. The van der Waals surface area contributed by atoms with Gasteiger partial charge in [0.2, 0.25) is 0 Å². The van der Waals surface area contributed by atoms with Crippen LogP contribution in [0.2, 0.25) is 5.02 Å². The zero-order chi connectivity index (χ0) is 14.3. The average molecular weight is 283 g/mol. The number of esters is 1. The van der Waals surface area contributed by atoms with Crippen molar-refractivity contribution in [1.82, 2.24) is 0 Å². The lowest BCUT2D eigenvalue weighted by Crippen LogP contribution is -2.13. The van der Waals surface area contributed by atoms with Gasteiger partial charge in [0.25, 0.3) is 0 Å². The van der Waals surface area contributed by atoms with E-state index in [1.165, 1.54) is 0 Å². The van der Waals surface area contributed by atoms with Crippen LogP contribution in [0.15, 0.2) is 18.2 Å². The number of nitrogens with one attached hydrogen (secondary N) is 2. The number of carbonyl (C=O) groups is 1. The van der Waals surface area contributed by atoms with E-state index in [4.69, 9.17) is 21.7 Å². The first-order chi connectivity index (χ1) is 9.08. The van der Waals surface area contributed by atoms with Gasteiger partial charge in [0.15, 0.2) is 0 Å². The molecule has 0 bridgehead atoms. The van der Waals surface area contributed by atoms with Crippen LogP contribution in [0.4, 0.5) is 5.69 Å². The van der Waals surface area contributed by atoms with Crippen LogP contribution in [0.3, 0.4) is 0 Å². The second-order valence-electron chi connectivity index (χ2n) is 4.00. The lowest BCUT2D eigenvalue weighted by Gasteiger charge is -2.12. The molecule has 0 unspecified atom stereocenters. The van der Waals surface area contributed by atoms with E-state index in [0.29, 0.717) is 36.7 Å². The molecule has 0 aromatic heterocycles. The molecule has 0 aliphatic rings. The van der Waals surface area contributed by atoms with Crippen LogP contribution in [0.1, 0.15) is 32.3 Å². The number of anilines is 1. The molecule has 1 aromatic rings. The Balaban J connectivity index is 2.67. The Morgan fingerprint density at radius 2 is 2.16 bits per heavy atom. The summed E-state index contributed by atoms with van der Waals surface area (Å²) in [4.78, 5) is 11.2. The fourth-order valence-electron chi connectivity index (χ4n) is 1.64.